The van der Waals surface area contributed by atoms with E-state index in [4.69, 9.17) is 5.11 Å². The summed E-state index contributed by atoms with van der Waals surface area (Å²) < 4.78 is 0. The van der Waals surface area contributed by atoms with Gasteiger partial charge in [-0.25, -0.2) is 4.79 Å². The minimum atomic E-state index is -0.849. The maximum Gasteiger partial charge on any atom is 0.336 e. The van der Waals surface area contributed by atoms with Crippen LogP contribution in [-0.4, -0.2) is 17.7 Å². The number of thiophene rings is 1. The van der Waals surface area contributed by atoms with Crippen LogP contribution in [0, 0.1) is 0 Å². The lowest BCUT2D eigenvalue weighted by Gasteiger charge is -2.15. The van der Waals surface area contributed by atoms with Gasteiger partial charge in [0.25, 0.3) is 0 Å². The van der Waals surface area contributed by atoms with Gasteiger partial charge in [0.15, 0.2) is 0 Å². The monoisotopic (exact) mass is 184 g/mol. The van der Waals surface area contributed by atoms with Crippen LogP contribution in [0.25, 0.3) is 0 Å². The van der Waals surface area contributed by atoms with Crippen LogP contribution in [0.2, 0.25) is 0 Å². The number of aromatic carboxylic acids is 1. The summed E-state index contributed by atoms with van der Waals surface area (Å²) in [5.41, 5.74) is 1.29. The van der Waals surface area contributed by atoms with Crippen LogP contribution in [0.5, 0.6) is 0 Å². The zero-order chi connectivity index (χ0) is 8.55. The van der Waals surface area contributed by atoms with Gasteiger partial charge in [-0.1, -0.05) is 0 Å². The molecule has 5 heteroatoms. The van der Waals surface area contributed by atoms with Crippen molar-refractivity contribution in [3.63, 3.8) is 0 Å². The lowest BCUT2D eigenvalue weighted by atomic mass is 10.1. The van der Waals surface area contributed by atoms with Crippen molar-refractivity contribution in [2.75, 3.05) is 12.0 Å². The lowest BCUT2D eigenvalue weighted by Crippen LogP contribution is -2.27. The molecule has 3 N–H and O–H groups in total. The molecule has 1 aromatic heterocycles. The van der Waals surface area contributed by atoms with E-state index in [2.05, 4.69) is 10.6 Å². The van der Waals surface area contributed by atoms with Crippen LogP contribution >= 0.6 is 11.3 Å². The summed E-state index contributed by atoms with van der Waals surface area (Å²) >= 11 is 1.45. The zero-order valence-corrected chi connectivity index (χ0v) is 7.07. The molecule has 0 unspecified atom stereocenters. The van der Waals surface area contributed by atoms with Crippen molar-refractivity contribution in [1.29, 1.82) is 0 Å². The van der Waals surface area contributed by atoms with Crippen LogP contribution in [0.4, 0.5) is 5.00 Å². The number of hydrogen-bond acceptors (Lipinski definition) is 4. The number of nitrogens with one attached hydrogen (secondary N) is 2. The summed E-state index contributed by atoms with van der Waals surface area (Å²) in [5.74, 6) is -0.849. The summed E-state index contributed by atoms with van der Waals surface area (Å²) in [6.07, 6.45) is 0. The zero-order valence-electron chi connectivity index (χ0n) is 6.26. The fourth-order valence-corrected chi connectivity index (χ4v) is 2.17. The van der Waals surface area contributed by atoms with Gasteiger partial charge in [0.2, 0.25) is 0 Å². The van der Waals surface area contributed by atoms with Crippen molar-refractivity contribution in [2.45, 2.75) is 6.54 Å². The summed E-state index contributed by atoms with van der Waals surface area (Å²) in [7, 11) is 0. The standard InChI is InChI=1S/C7H8N2O2S/c10-7(11)5-2-12-6-4(5)1-8-3-9-6/h2,8-9H,1,3H2,(H,10,11). The first kappa shape index (κ1) is 7.57. The van der Waals surface area contributed by atoms with E-state index in [0.717, 1.165) is 10.6 Å². The fourth-order valence-electron chi connectivity index (χ4n) is 1.22. The topological polar surface area (TPSA) is 61.4 Å². The number of fused-ring (bicyclic) bond motifs is 1. The quantitative estimate of drug-likeness (QED) is 0.607. The van der Waals surface area contributed by atoms with E-state index in [-0.39, 0.29) is 0 Å². The minimum absolute atomic E-state index is 0.412. The van der Waals surface area contributed by atoms with Gasteiger partial charge < -0.3 is 10.4 Å². The first-order valence-electron chi connectivity index (χ1n) is 3.57. The maximum absolute atomic E-state index is 10.7. The van der Waals surface area contributed by atoms with E-state index in [0.29, 0.717) is 18.8 Å². The molecule has 0 radical (unpaired) electrons. The predicted molar refractivity (Wildman–Crippen MR) is 46.6 cm³/mol. The van der Waals surface area contributed by atoms with E-state index in [1.807, 2.05) is 0 Å². The SMILES string of the molecule is O=C(O)c1csc2c1CNCN2. The van der Waals surface area contributed by atoms with Crippen molar-refractivity contribution in [3.05, 3.63) is 16.5 Å². The average Bonchev–Trinajstić information content (AvgIpc) is 2.47. The Labute approximate surface area is 73.2 Å². The Morgan fingerprint density at radius 1 is 1.67 bits per heavy atom. The predicted octanol–water partition coefficient (Wildman–Crippen LogP) is 0.919. The van der Waals surface area contributed by atoms with Gasteiger partial charge in [-0.15, -0.1) is 11.3 Å². The number of hydrogen-bond donors (Lipinski definition) is 3. The van der Waals surface area contributed by atoms with Gasteiger partial charge in [0, 0.05) is 17.5 Å². The third-order valence-corrected chi connectivity index (χ3v) is 2.78. The van der Waals surface area contributed by atoms with E-state index in [1.165, 1.54) is 11.3 Å². The van der Waals surface area contributed by atoms with Gasteiger partial charge in [-0.2, -0.15) is 0 Å². The van der Waals surface area contributed by atoms with E-state index < -0.39 is 5.97 Å². The van der Waals surface area contributed by atoms with Gasteiger partial charge >= 0.3 is 5.97 Å². The second-order valence-corrected chi connectivity index (χ2v) is 3.42. The first-order valence-corrected chi connectivity index (χ1v) is 4.45. The molecule has 1 aliphatic heterocycles. The summed E-state index contributed by atoms with van der Waals surface area (Å²) in [6.45, 7) is 1.36. The molecule has 2 heterocycles. The Morgan fingerprint density at radius 2 is 2.50 bits per heavy atom. The van der Waals surface area contributed by atoms with Gasteiger partial charge in [-0.3, -0.25) is 5.32 Å². The van der Waals surface area contributed by atoms with Gasteiger partial charge in [-0.05, 0) is 0 Å². The second kappa shape index (κ2) is 2.76. The summed E-state index contributed by atoms with van der Waals surface area (Å²) in [6, 6.07) is 0. The normalized spacial score (nSPS) is 15.0. The number of carboxylic acid groups (broad SMARTS) is 1. The van der Waals surface area contributed by atoms with Crippen LogP contribution < -0.4 is 10.6 Å². The fraction of sp³-hybridized carbons (Fsp3) is 0.286. The van der Waals surface area contributed by atoms with Crippen LogP contribution in [0.3, 0.4) is 0 Å². The molecule has 2 rings (SSSR count). The molecule has 0 aromatic carbocycles. The molecule has 0 aliphatic carbocycles. The van der Waals surface area contributed by atoms with Crippen LogP contribution in [0.15, 0.2) is 5.38 Å². The Kier molecular flexibility index (Phi) is 1.74. The third kappa shape index (κ3) is 1.07. The Bertz CT molecular complexity index is 321. The van der Waals surface area contributed by atoms with Gasteiger partial charge in [0.05, 0.1) is 17.2 Å². The molecule has 64 valence electrons. The largest absolute Gasteiger partial charge is 0.478 e. The van der Waals surface area contributed by atoms with E-state index in [9.17, 15) is 4.79 Å². The molecule has 0 fully saturated rings. The minimum Gasteiger partial charge on any atom is -0.478 e. The summed E-state index contributed by atoms with van der Waals surface area (Å²) in [4.78, 5) is 10.7. The highest BCUT2D eigenvalue weighted by molar-refractivity contribution is 7.14. The molecule has 0 saturated carbocycles. The molecular weight excluding hydrogens is 176 g/mol. The number of carbonyl (C=O) groups is 1. The van der Waals surface area contributed by atoms with Crippen molar-refractivity contribution < 1.29 is 9.90 Å². The molecular formula is C7H8N2O2S. The van der Waals surface area contributed by atoms with Crippen molar-refractivity contribution in [1.82, 2.24) is 5.32 Å². The van der Waals surface area contributed by atoms with Crippen LogP contribution in [0.1, 0.15) is 15.9 Å². The molecule has 0 bridgehead atoms. The molecule has 1 aliphatic rings. The summed E-state index contributed by atoms with van der Waals surface area (Å²) in [5, 5.41) is 17.6. The Balaban J connectivity index is 2.44. The second-order valence-electron chi connectivity index (χ2n) is 2.54. The van der Waals surface area contributed by atoms with E-state index >= 15 is 0 Å². The van der Waals surface area contributed by atoms with Crippen molar-refractivity contribution >= 4 is 22.3 Å². The number of rotatable bonds is 1. The smallest absolute Gasteiger partial charge is 0.336 e. The lowest BCUT2D eigenvalue weighted by molar-refractivity contribution is 0.0696. The number of carboxylic acids is 1. The molecule has 1 aromatic rings. The van der Waals surface area contributed by atoms with Crippen molar-refractivity contribution in [2.24, 2.45) is 0 Å². The number of anilines is 1. The molecule has 0 atom stereocenters. The van der Waals surface area contributed by atoms with Crippen molar-refractivity contribution in [3.8, 4) is 0 Å². The average molecular weight is 184 g/mol. The molecule has 0 saturated heterocycles. The van der Waals surface area contributed by atoms with Crippen LogP contribution in [-0.2, 0) is 6.54 Å². The highest BCUT2D eigenvalue weighted by Gasteiger charge is 2.18. The molecule has 4 nitrogen and oxygen atoms in total. The molecule has 12 heavy (non-hydrogen) atoms. The molecule has 0 spiro atoms. The highest BCUT2D eigenvalue weighted by atomic mass is 32.1. The van der Waals surface area contributed by atoms with Gasteiger partial charge in [0.1, 0.15) is 0 Å². The highest BCUT2D eigenvalue weighted by Crippen LogP contribution is 2.29. The maximum atomic E-state index is 10.7. The Hall–Kier alpha value is -1.07. The molecule has 0 amide bonds. The third-order valence-electron chi connectivity index (χ3n) is 1.80. The first-order chi connectivity index (χ1) is 5.79. The Morgan fingerprint density at radius 3 is 3.25 bits per heavy atom. The van der Waals surface area contributed by atoms with E-state index in [1.54, 1.807) is 5.38 Å².